The van der Waals surface area contributed by atoms with Crippen molar-refractivity contribution in [1.82, 2.24) is 0 Å². The zero-order valence-electron chi connectivity index (χ0n) is 17.1. The Labute approximate surface area is 168 Å². The lowest BCUT2D eigenvalue weighted by atomic mass is 10.1. The van der Waals surface area contributed by atoms with E-state index in [4.69, 9.17) is 9.47 Å². The van der Waals surface area contributed by atoms with Crippen LogP contribution in [0.5, 0.6) is 11.5 Å². The highest BCUT2D eigenvalue weighted by Crippen LogP contribution is 2.17. The molecule has 0 aliphatic rings. The molecule has 0 aromatic heterocycles. The third-order valence-electron chi connectivity index (χ3n) is 4.48. The molecule has 0 unspecified atom stereocenters. The maximum absolute atomic E-state index is 12.3. The number of rotatable bonds is 12. The number of ketones is 1. The Hall–Kier alpha value is -2.75. The van der Waals surface area contributed by atoms with E-state index in [-0.39, 0.29) is 5.78 Å². The Balaban J connectivity index is 1.81. The van der Waals surface area contributed by atoms with E-state index < -0.39 is 0 Å². The molecule has 0 saturated carbocycles. The summed E-state index contributed by atoms with van der Waals surface area (Å²) in [5, 5.41) is 3.11. The Morgan fingerprint density at radius 3 is 2.29 bits per heavy atom. The van der Waals surface area contributed by atoms with E-state index in [0.717, 1.165) is 43.1 Å². The lowest BCUT2D eigenvalue weighted by Crippen LogP contribution is -2.07. The molecule has 0 aliphatic heterocycles. The summed E-state index contributed by atoms with van der Waals surface area (Å²) in [6.45, 7) is 7.87. The average molecular weight is 382 g/mol. The van der Waals surface area contributed by atoms with E-state index in [1.807, 2.05) is 36.4 Å². The van der Waals surface area contributed by atoms with Gasteiger partial charge in [-0.1, -0.05) is 33.6 Å². The maximum atomic E-state index is 12.3. The van der Waals surface area contributed by atoms with Crippen molar-refractivity contribution in [3.05, 3.63) is 66.4 Å². The van der Waals surface area contributed by atoms with Gasteiger partial charge in [-0.05, 0) is 60.9 Å². The molecule has 150 valence electrons. The average Bonchev–Trinajstić information content (AvgIpc) is 2.73. The molecule has 0 fully saturated rings. The van der Waals surface area contributed by atoms with Crippen LogP contribution in [0, 0.1) is 5.92 Å². The number of nitrogens with one attached hydrogen (secondary N) is 1. The number of hydrogen-bond donors (Lipinski definition) is 1. The summed E-state index contributed by atoms with van der Waals surface area (Å²) < 4.78 is 11.4. The monoisotopic (exact) mass is 381 g/mol. The van der Waals surface area contributed by atoms with Crippen molar-refractivity contribution in [3.63, 3.8) is 0 Å². The van der Waals surface area contributed by atoms with Crippen LogP contribution in [0.25, 0.3) is 0 Å². The van der Waals surface area contributed by atoms with Crippen molar-refractivity contribution in [2.24, 2.45) is 5.92 Å². The van der Waals surface area contributed by atoms with Gasteiger partial charge < -0.3 is 14.8 Å². The first-order valence-electron chi connectivity index (χ1n) is 10.1. The van der Waals surface area contributed by atoms with E-state index in [9.17, 15) is 4.79 Å². The molecular weight excluding hydrogens is 350 g/mol. The highest BCUT2D eigenvalue weighted by atomic mass is 16.5. The number of benzene rings is 2. The van der Waals surface area contributed by atoms with Gasteiger partial charge >= 0.3 is 0 Å². The first-order chi connectivity index (χ1) is 13.6. The fraction of sp³-hybridized carbons (Fsp3) is 0.375. The van der Waals surface area contributed by atoms with Gasteiger partial charge in [-0.2, -0.15) is 0 Å². The van der Waals surface area contributed by atoms with Gasteiger partial charge in [0.05, 0.1) is 13.2 Å². The molecule has 0 bridgehead atoms. The number of unbranched alkanes of at least 4 members (excludes halogenated alkanes) is 1. The summed E-state index contributed by atoms with van der Waals surface area (Å²) in [4.78, 5) is 12.3. The van der Waals surface area contributed by atoms with E-state index in [2.05, 4.69) is 26.1 Å². The molecule has 2 aromatic carbocycles. The summed E-state index contributed by atoms with van der Waals surface area (Å²) in [5.74, 6) is 2.11. The van der Waals surface area contributed by atoms with Crippen molar-refractivity contribution < 1.29 is 14.3 Å². The molecule has 4 heteroatoms. The minimum Gasteiger partial charge on any atom is -0.494 e. The van der Waals surface area contributed by atoms with Crippen LogP contribution in [0.4, 0.5) is 5.69 Å². The van der Waals surface area contributed by atoms with Crippen molar-refractivity contribution in [1.29, 1.82) is 0 Å². The molecule has 2 aromatic rings. The zero-order valence-corrected chi connectivity index (χ0v) is 17.1. The standard InChI is InChI=1S/C24H31NO3/c1-4-6-17-27-22-13-9-21(10-14-22)25-16-15-24(26)20-7-11-23(12-8-20)28-18-19(3)5-2/h7-16,19,25H,4-6,17-18H2,1-3H3/b16-15+/t19-/m1/s1. The second kappa shape index (κ2) is 11.9. The van der Waals surface area contributed by atoms with E-state index >= 15 is 0 Å². The van der Waals surface area contributed by atoms with Crippen LogP contribution >= 0.6 is 0 Å². The molecular formula is C24H31NO3. The predicted molar refractivity (Wildman–Crippen MR) is 115 cm³/mol. The molecule has 1 N–H and O–H groups in total. The number of ether oxygens (including phenoxy) is 2. The number of anilines is 1. The molecule has 4 nitrogen and oxygen atoms in total. The minimum atomic E-state index is -0.0551. The molecule has 28 heavy (non-hydrogen) atoms. The van der Waals surface area contributed by atoms with E-state index in [1.165, 1.54) is 6.08 Å². The molecule has 0 spiro atoms. The van der Waals surface area contributed by atoms with Crippen LogP contribution in [0.15, 0.2) is 60.8 Å². The van der Waals surface area contributed by atoms with Gasteiger partial charge in [0.25, 0.3) is 0 Å². The summed E-state index contributed by atoms with van der Waals surface area (Å²) >= 11 is 0. The topological polar surface area (TPSA) is 47.6 Å². The van der Waals surface area contributed by atoms with Crippen molar-refractivity contribution in [2.75, 3.05) is 18.5 Å². The van der Waals surface area contributed by atoms with Crippen molar-refractivity contribution >= 4 is 11.5 Å². The molecule has 0 aliphatic carbocycles. The normalized spacial score (nSPS) is 12.0. The van der Waals surface area contributed by atoms with Crippen LogP contribution in [0.3, 0.4) is 0 Å². The van der Waals surface area contributed by atoms with Crippen LogP contribution in [-0.2, 0) is 0 Å². The lowest BCUT2D eigenvalue weighted by molar-refractivity contribution is 0.104. The quantitative estimate of drug-likeness (QED) is 0.274. The van der Waals surface area contributed by atoms with Crippen LogP contribution in [0.2, 0.25) is 0 Å². The Morgan fingerprint density at radius 2 is 1.64 bits per heavy atom. The van der Waals surface area contributed by atoms with Crippen molar-refractivity contribution in [3.8, 4) is 11.5 Å². The summed E-state index contributed by atoms with van der Waals surface area (Å²) in [7, 11) is 0. The number of carbonyl (C=O) groups excluding carboxylic acids is 1. The smallest absolute Gasteiger partial charge is 0.187 e. The second-order valence-electron chi connectivity index (χ2n) is 6.92. The van der Waals surface area contributed by atoms with Crippen LogP contribution in [-0.4, -0.2) is 19.0 Å². The largest absolute Gasteiger partial charge is 0.494 e. The van der Waals surface area contributed by atoms with Gasteiger partial charge in [0.2, 0.25) is 0 Å². The molecule has 2 rings (SSSR count). The Morgan fingerprint density at radius 1 is 1.00 bits per heavy atom. The number of hydrogen-bond acceptors (Lipinski definition) is 4. The summed E-state index contributed by atoms with van der Waals surface area (Å²) in [6.07, 6.45) is 6.44. The van der Waals surface area contributed by atoms with Crippen LogP contribution in [0.1, 0.15) is 50.4 Å². The third-order valence-corrected chi connectivity index (χ3v) is 4.48. The molecule has 1 atom stereocenters. The van der Waals surface area contributed by atoms with Gasteiger partial charge in [0, 0.05) is 23.5 Å². The van der Waals surface area contributed by atoms with Gasteiger partial charge in [-0.3, -0.25) is 4.79 Å². The highest BCUT2D eigenvalue weighted by molar-refractivity contribution is 6.04. The van der Waals surface area contributed by atoms with E-state index in [0.29, 0.717) is 18.1 Å². The minimum absolute atomic E-state index is 0.0551. The zero-order chi connectivity index (χ0) is 20.2. The molecule has 0 heterocycles. The summed E-state index contributed by atoms with van der Waals surface area (Å²) in [5.41, 5.74) is 1.54. The second-order valence-corrected chi connectivity index (χ2v) is 6.92. The maximum Gasteiger partial charge on any atom is 0.187 e. The Kier molecular flexibility index (Phi) is 9.13. The SMILES string of the molecule is CCCCOc1ccc(N/C=C/C(=O)c2ccc(OC[C@H](C)CC)cc2)cc1. The Bertz CT molecular complexity index is 735. The molecule has 0 saturated heterocycles. The highest BCUT2D eigenvalue weighted by Gasteiger charge is 2.04. The number of allylic oxidation sites excluding steroid dienone is 1. The summed E-state index contributed by atoms with van der Waals surface area (Å²) in [6, 6.07) is 15.0. The first-order valence-corrected chi connectivity index (χ1v) is 10.1. The first kappa shape index (κ1) is 21.5. The van der Waals surface area contributed by atoms with Gasteiger partial charge in [-0.25, -0.2) is 0 Å². The van der Waals surface area contributed by atoms with Gasteiger partial charge in [0.1, 0.15) is 11.5 Å². The lowest BCUT2D eigenvalue weighted by Gasteiger charge is -2.10. The fourth-order valence-electron chi connectivity index (χ4n) is 2.36. The van der Waals surface area contributed by atoms with Gasteiger partial charge in [-0.15, -0.1) is 0 Å². The molecule has 0 radical (unpaired) electrons. The van der Waals surface area contributed by atoms with Crippen molar-refractivity contribution in [2.45, 2.75) is 40.0 Å². The van der Waals surface area contributed by atoms with Crippen LogP contribution < -0.4 is 14.8 Å². The van der Waals surface area contributed by atoms with Gasteiger partial charge in [0.15, 0.2) is 5.78 Å². The van der Waals surface area contributed by atoms with E-state index in [1.54, 1.807) is 18.3 Å². The fourth-order valence-corrected chi connectivity index (χ4v) is 2.36. The molecule has 0 amide bonds. The number of carbonyl (C=O) groups is 1. The predicted octanol–water partition coefficient (Wildman–Crippen LogP) is 6.10. The third kappa shape index (κ3) is 7.47.